The van der Waals surface area contributed by atoms with E-state index in [1.54, 1.807) is 12.0 Å². The number of rotatable bonds is 7. The summed E-state index contributed by atoms with van der Waals surface area (Å²) in [5.41, 5.74) is -0.0930. The number of nitrogens with one attached hydrogen (secondary N) is 1. The van der Waals surface area contributed by atoms with E-state index >= 15 is 0 Å². The molecule has 1 saturated heterocycles. The molecular weight excluding hydrogens is 436 g/mol. The van der Waals surface area contributed by atoms with E-state index in [1.165, 1.54) is 0 Å². The van der Waals surface area contributed by atoms with E-state index in [-0.39, 0.29) is 35.4 Å². The van der Waals surface area contributed by atoms with Crippen LogP contribution in [-0.2, 0) is 22.5 Å². The van der Waals surface area contributed by atoms with Crippen LogP contribution in [0.25, 0.3) is 0 Å². The van der Waals surface area contributed by atoms with Crippen molar-refractivity contribution in [2.24, 2.45) is 5.41 Å². The largest absolute Gasteiger partial charge is 0.481 e. The predicted molar refractivity (Wildman–Crippen MR) is 113 cm³/mol. The number of benzene rings is 1. The first kappa shape index (κ1) is 23.1. The Morgan fingerprint density at radius 3 is 2.82 bits per heavy atom. The molecule has 2 amide bonds. The fraction of sp³-hybridized carbons (Fsp3) is 0.545. The Morgan fingerprint density at radius 2 is 2.00 bits per heavy atom. The van der Waals surface area contributed by atoms with Gasteiger partial charge in [0.2, 0.25) is 5.82 Å². The minimum Gasteiger partial charge on any atom is -0.481 e. The number of likely N-dealkylation sites (tertiary alicyclic amines) is 1. The van der Waals surface area contributed by atoms with E-state index in [9.17, 15) is 18.4 Å². The fourth-order valence-electron chi connectivity index (χ4n) is 4.49. The SMILES string of the molecule is COCCNC(=O)c1nnc2n1CCC1(CC2)CCN(C(=O)COc2cc(F)ccc2F)C1. The van der Waals surface area contributed by atoms with Gasteiger partial charge in [-0.05, 0) is 36.8 Å². The molecule has 33 heavy (non-hydrogen) atoms. The summed E-state index contributed by atoms with van der Waals surface area (Å²) in [6, 6.07) is 2.89. The van der Waals surface area contributed by atoms with Crippen molar-refractivity contribution in [3.05, 3.63) is 41.5 Å². The number of methoxy groups -OCH3 is 1. The molecule has 1 unspecified atom stereocenters. The van der Waals surface area contributed by atoms with E-state index in [1.807, 2.05) is 4.57 Å². The van der Waals surface area contributed by atoms with Crippen molar-refractivity contribution in [1.29, 1.82) is 0 Å². The normalized spacial score (nSPS) is 19.9. The summed E-state index contributed by atoms with van der Waals surface area (Å²) in [6.45, 7) is 2.15. The molecule has 1 fully saturated rings. The Hall–Kier alpha value is -3.08. The van der Waals surface area contributed by atoms with Crippen LogP contribution in [-0.4, -0.2) is 71.4 Å². The van der Waals surface area contributed by atoms with Gasteiger partial charge in [0.05, 0.1) is 6.61 Å². The standard InChI is InChI=1S/C22H27F2N5O4/c1-32-11-8-25-21(31)20-27-26-18-4-5-22(7-10-29(18)20)6-9-28(14-22)19(30)13-33-17-12-15(23)2-3-16(17)24/h2-3,12H,4-11,13-14H2,1H3,(H,25,31). The van der Waals surface area contributed by atoms with Crippen LogP contribution in [0, 0.1) is 17.0 Å². The molecule has 0 aliphatic carbocycles. The maximum absolute atomic E-state index is 13.7. The highest BCUT2D eigenvalue weighted by Crippen LogP contribution is 2.40. The third-order valence-corrected chi connectivity index (χ3v) is 6.40. The number of ether oxygens (including phenoxy) is 2. The topological polar surface area (TPSA) is 98.6 Å². The molecule has 2 aliphatic heterocycles. The summed E-state index contributed by atoms with van der Waals surface area (Å²) >= 11 is 0. The minimum atomic E-state index is -0.712. The molecule has 1 atom stereocenters. The molecule has 3 heterocycles. The molecule has 1 aromatic carbocycles. The average molecular weight is 463 g/mol. The van der Waals surface area contributed by atoms with Crippen LogP contribution in [0.1, 0.15) is 35.7 Å². The molecule has 1 aromatic heterocycles. The van der Waals surface area contributed by atoms with Gasteiger partial charge in [-0.1, -0.05) is 0 Å². The molecule has 178 valence electrons. The molecule has 0 saturated carbocycles. The Kier molecular flexibility index (Phi) is 6.87. The first-order valence-corrected chi connectivity index (χ1v) is 11.0. The van der Waals surface area contributed by atoms with Crippen molar-refractivity contribution in [3.63, 3.8) is 0 Å². The maximum atomic E-state index is 13.7. The minimum absolute atomic E-state index is 0.0930. The maximum Gasteiger partial charge on any atom is 0.289 e. The Labute approximate surface area is 190 Å². The molecule has 1 N–H and O–H groups in total. The Balaban J connectivity index is 1.34. The summed E-state index contributed by atoms with van der Waals surface area (Å²) in [7, 11) is 1.57. The van der Waals surface area contributed by atoms with Gasteiger partial charge in [-0.25, -0.2) is 8.78 Å². The van der Waals surface area contributed by atoms with Crippen LogP contribution in [0.2, 0.25) is 0 Å². The molecule has 0 bridgehead atoms. The number of nitrogens with zero attached hydrogens (tertiary/aromatic N) is 4. The van der Waals surface area contributed by atoms with E-state index < -0.39 is 11.6 Å². The van der Waals surface area contributed by atoms with Crippen LogP contribution >= 0.6 is 0 Å². The highest BCUT2D eigenvalue weighted by molar-refractivity contribution is 5.90. The second-order valence-electron chi connectivity index (χ2n) is 8.52. The first-order valence-electron chi connectivity index (χ1n) is 11.0. The van der Waals surface area contributed by atoms with Gasteiger partial charge in [0.1, 0.15) is 11.6 Å². The summed E-state index contributed by atoms with van der Waals surface area (Å²) in [6.07, 6.45) is 3.07. The second-order valence-corrected chi connectivity index (χ2v) is 8.52. The van der Waals surface area contributed by atoms with Crippen molar-refractivity contribution < 1.29 is 27.8 Å². The zero-order valence-corrected chi connectivity index (χ0v) is 18.5. The number of carbonyl (C=O) groups is 2. The highest BCUT2D eigenvalue weighted by Gasteiger charge is 2.41. The zero-order chi connectivity index (χ0) is 23.4. The Bertz CT molecular complexity index is 1030. The first-order chi connectivity index (χ1) is 15.9. The van der Waals surface area contributed by atoms with Crippen molar-refractivity contribution >= 4 is 11.8 Å². The average Bonchev–Trinajstić information content (AvgIpc) is 3.37. The lowest BCUT2D eigenvalue weighted by atomic mass is 9.80. The number of amides is 2. The van der Waals surface area contributed by atoms with Crippen molar-refractivity contribution in [1.82, 2.24) is 25.0 Å². The third kappa shape index (κ3) is 5.13. The number of fused-ring (bicyclic) bond motifs is 1. The van der Waals surface area contributed by atoms with Gasteiger partial charge in [-0.2, -0.15) is 0 Å². The lowest BCUT2D eigenvalue weighted by Crippen LogP contribution is -2.35. The predicted octanol–water partition coefficient (Wildman–Crippen LogP) is 1.57. The molecule has 1 spiro atoms. The highest BCUT2D eigenvalue weighted by atomic mass is 19.1. The summed E-state index contributed by atoms with van der Waals surface area (Å²) in [5.74, 6) is -1.12. The van der Waals surface area contributed by atoms with E-state index in [0.29, 0.717) is 39.2 Å². The van der Waals surface area contributed by atoms with Crippen LogP contribution in [0.4, 0.5) is 8.78 Å². The second kappa shape index (κ2) is 9.82. The van der Waals surface area contributed by atoms with Gasteiger partial charge in [0.15, 0.2) is 18.2 Å². The van der Waals surface area contributed by atoms with Crippen molar-refractivity contribution in [3.8, 4) is 5.75 Å². The van der Waals surface area contributed by atoms with Gasteiger partial charge in [0.25, 0.3) is 11.8 Å². The fourth-order valence-corrected chi connectivity index (χ4v) is 4.49. The van der Waals surface area contributed by atoms with Crippen LogP contribution in [0.5, 0.6) is 5.75 Å². The third-order valence-electron chi connectivity index (χ3n) is 6.40. The van der Waals surface area contributed by atoms with Gasteiger partial charge in [-0.3, -0.25) is 9.59 Å². The summed E-state index contributed by atoms with van der Waals surface area (Å²) in [5, 5.41) is 11.0. The molecule has 9 nitrogen and oxygen atoms in total. The monoisotopic (exact) mass is 463 g/mol. The van der Waals surface area contributed by atoms with E-state index in [2.05, 4.69) is 15.5 Å². The summed E-state index contributed by atoms with van der Waals surface area (Å²) < 4.78 is 39.1. The van der Waals surface area contributed by atoms with E-state index in [4.69, 9.17) is 9.47 Å². The lowest BCUT2D eigenvalue weighted by Gasteiger charge is -2.27. The molecule has 2 aliphatic rings. The molecule has 0 radical (unpaired) electrons. The number of halogens is 2. The molecule has 11 heteroatoms. The van der Waals surface area contributed by atoms with Gasteiger partial charge < -0.3 is 24.3 Å². The van der Waals surface area contributed by atoms with Crippen LogP contribution in [0.3, 0.4) is 0 Å². The molecule has 4 rings (SSSR count). The number of aryl methyl sites for hydroxylation is 1. The van der Waals surface area contributed by atoms with Crippen molar-refractivity contribution in [2.45, 2.75) is 32.2 Å². The zero-order valence-electron chi connectivity index (χ0n) is 18.5. The molecular formula is C22H27F2N5O4. The smallest absolute Gasteiger partial charge is 0.289 e. The number of hydrogen-bond acceptors (Lipinski definition) is 6. The van der Waals surface area contributed by atoms with Gasteiger partial charge in [0, 0.05) is 45.8 Å². The van der Waals surface area contributed by atoms with E-state index in [0.717, 1.165) is 43.3 Å². The Morgan fingerprint density at radius 1 is 1.18 bits per heavy atom. The lowest BCUT2D eigenvalue weighted by molar-refractivity contribution is -0.132. The number of aromatic nitrogens is 3. The van der Waals surface area contributed by atoms with Crippen molar-refractivity contribution in [2.75, 3.05) is 40.0 Å². The van der Waals surface area contributed by atoms with Crippen LogP contribution < -0.4 is 10.1 Å². The number of hydrogen-bond donors (Lipinski definition) is 1. The molecule has 2 aromatic rings. The quantitative estimate of drug-likeness (QED) is 0.626. The van der Waals surface area contributed by atoms with Gasteiger partial charge >= 0.3 is 0 Å². The van der Waals surface area contributed by atoms with Crippen LogP contribution in [0.15, 0.2) is 18.2 Å². The number of carbonyl (C=O) groups excluding carboxylic acids is 2. The van der Waals surface area contributed by atoms with Gasteiger partial charge in [-0.15, -0.1) is 10.2 Å². The summed E-state index contributed by atoms with van der Waals surface area (Å²) in [4.78, 5) is 26.8.